The quantitative estimate of drug-likeness (QED) is 0.753. The van der Waals surface area contributed by atoms with Crippen molar-refractivity contribution in [3.8, 4) is 5.75 Å². The minimum absolute atomic E-state index is 0.172. The van der Waals surface area contributed by atoms with Crippen LogP contribution in [0.5, 0.6) is 5.75 Å². The average molecular weight is 330 g/mol. The summed E-state index contributed by atoms with van der Waals surface area (Å²) in [4.78, 5) is 25.6. The van der Waals surface area contributed by atoms with Gasteiger partial charge in [-0.3, -0.25) is 9.78 Å². The minimum Gasteiger partial charge on any atom is -0.494 e. The van der Waals surface area contributed by atoms with Crippen LogP contribution in [-0.2, 0) is 11.2 Å². The number of amides is 1. The Morgan fingerprint density at radius 1 is 1.29 bits per heavy atom. The first-order valence-electron chi connectivity index (χ1n) is 7.30. The van der Waals surface area contributed by atoms with Crippen molar-refractivity contribution < 1.29 is 18.3 Å². The molecule has 0 saturated carbocycles. The molecule has 0 aliphatic rings. The number of H-pyrrole nitrogens is 1. The van der Waals surface area contributed by atoms with E-state index in [0.717, 1.165) is 0 Å². The smallest absolute Gasteiger partial charge is 0.417 e. The second kappa shape index (κ2) is 6.57. The third-order valence-electron chi connectivity index (χ3n) is 3.56. The highest BCUT2D eigenvalue weighted by molar-refractivity contribution is 5.92. The standard InChI is InChI=1S/C17H15FN2O4/c1-23-14-5-2-10(8-12(14)18)3-7-16(21)19-11-4-6-15-13(9-11)20-17(22)24-15/h2,4-6,8-9H,3,7H2,1H3,(H,19,21)(H,20,22). The lowest BCUT2D eigenvalue weighted by Gasteiger charge is -2.07. The van der Waals surface area contributed by atoms with Crippen molar-refractivity contribution in [3.63, 3.8) is 0 Å². The van der Waals surface area contributed by atoms with Crippen molar-refractivity contribution in [2.75, 3.05) is 12.4 Å². The molecule has 0 spiro atoms. The van der Waals surface area contributed by atoms with E-state index in [1.54, 1.807) is 24.3 Å². The van der Waals surface area contributed by atoms with Crippen molar-refractivity contribution in [3.05, 3.63) is 58.3 Å². The molecular weight excluding hydrogens is 315 g/mol. The Kier molecular flexibility index (Phi) is 4.33. The number of hydrogen-bond donors (Lipinski definition) is 2. The molecule has 3 rings (SSSR count). The summed E-state index contributed by atoms with van der Waals surface area (Å²) in [6, 6.07) is 9.47. The number of hydrogen-bond acceptors (Lipinski definition) is 4. The van der Waals surface area contributed by atoms with Gasteiger partial charge in [-0.1, -0.05) is 6.07 Å². The molecule has 0 fully saturated rings. The van der Waals surface area contributed by atoms with E-state index in [1.807, 2.05) is 0 Å². The maximum atomic E-state index is 13.6. The summed E-state index contributed by atoms with van der Waals surface area (Å²) in [6.45, 7) is 0. The van der Waals surface area contributed by atoms with Crippen LogP contribution in [0.3, 0.4) is 0 Å². The number of aromatic amines is 1. The number of anilines is 1. The average Bonchev–Trinajstić information content (AvgIpc) is 2.92. The molecule has 6 nitrogen and oxygen atoms in total. The molecule has 2 N–H and O–H groups in total. The maximum Gasteiger partial charge on any atom is 0.417 e. The van der Waals surface area contributed by atoms with Crippen molar-refractivity contribution in [2.45, 2.75) is 12.8 Å². The largest absolute Gasteiger partial charge is 0.494 e. The zero-order valence-corrected chi connectivity index (χ0v) is 12.9. The lowest BCUT2D eigenvalue weighted by atomic mass is 10.1. The number of methoxy groups -OCH3 is 1. The molecule has 1 amide bonds. The van der Waals surface area contributed by atoms with Crippen molar-refractivity contribution in [2.24, 2.45) is 0 Å². The number of ether oxygens (including phenoxy) is 1. The molecule has 1 heterocycles. The van der Waals surface area contributed by atoms with Gasteiger partial charge >= 0.3 is 5.76 Å². The third kappa shape index (κ3) is 3.45. The van der Waals surface area contributed by atoms with Crippen LogP contribution in [0.2, 0.25) is 0 Å². The highest BCUT2D eigenvalue weighted by Gasteiger charge is 2.08. The summed E-state index contributed by atoms with van der Waals surface area (Å²) in [5.41, 5.74) is 2.19. The summed E-state index contributed by atoms with van der Waals surface area (Å²) in [5, 5.41) is 2.73. The topological polar surface area (TPSA) is 84.3 Å². The van der Waals surface area contributed by atoms with Gasteiger partial charge in [-0.2, -0.15) is 0 Å². The van der Waals surface area contributed by atoms with Gasteiger partial charge in [0.2, 0.25) is 5.91 Å². The summed E-state index contributed by atoms with van der Waals surface area (Å²) in [7, 11) is 1.40. The molecule has 24 heavy (non-hydrogen) atoms. The van der Waals surface area contributed by atoms with Crippen LogP contribution in [0.1, 0.15) is 12.0 Å². The molecule has 0 saturated heterocycles. The SMILES string of the molecule is COc1ccc(CCC(=O)Nc2ccc3oc(=O)[nH]c3c2)cc1F. The van der Waals surface area contributed by atoms with Crippen molar-refractivity contribution in [1.29, 1.82) is 0 Å². The molecule has 2 aromatic carbocycles. The number of aromatic nitrogens is 1. The number of oxazole rings is 1. The lowest BCUT2D eigenvalue weighted by Crippen LogP contribution is -2.12. The number of fused-ring (bicyclic) bond motifs is 1. The van der Waals surface area contributed by atoms with Crippen LogP contribution in [0.4, 0.5) is 10.1 Å². The second-order valence-corrected chi connectivity index (χ2v) is 5.24. The van der Waals surface area contributed by atoms with Gasteiger partial charge in [0, 0.05) is 12.1 Å². The van der Waals surface area contributed by atoms with Crippen molar-refractivity contribution in [1.82, 2.24) is 4.98 Å². The molecule has 0 radical (unpaired) electrons. The molecule has 1 aromatic heterocycles. The van der Waals surface area contributed by atoms with Gasteiger partial charge in [0.1, 0.15) is 0 Å². The van der Waals surface area contributed by atoms with Crippen molar-refractivity contribution >= 4 is 22.7 Å². The van der Waals surface area contributed by atoms with E-state index in [2.05, 4.69) is 10.3 Å². The molecule has 7 heteroatoms. The number of carbonyl (C=O) groups excluding carboxylic acids is 1. The van der Waals surface area contributed by atoms with Crippen LogP contribution < -0.4 is 15.8 Å². The number of nitrogens with one attached hydrogen (secondary N) is 2. The van der Waals surface area contributed by atoms with E-state index in [0.29, 0.717) is 28.8 Å². The molecule has 124 valence electrons. The highest BCUT2D eigenvalue weighted by atomic mass is 19.1. The molecule has 0 bridgehead atoms. The molecule has 0 aliphatic carbocycles. The summed E-state index contributed by atoms with van der Waals surface area (Å²) in [5.74, 6) is -1.04. The number of rotatable bonds is 5. The maximum absolute atomic E-state index is 13.6. The Bertz CT molecular complexity index is 945. The Morgan fingerprint density at radius 3 is 2.88 bits per heavy atom. The van der Waals surface area contributed by atoms with Crippen LogP contribution in [0.15, 0.2) is 45.6 Å². The van der Waals surface area contributed by atoms with E-state index in [-0.39, 0.29) is 18.1 Å². The zero-order chi connectivity index (χ0) is 17.1. The van der Waals surface area contributed by atoms with Gasteiger partial charge in [-0.15, -0.1) is 0 Å². The fourth-order valence-corrected chi connectivity index (χ4v) is 2.38. The number of benzene rings is 2. The molecule has 3 aromatic rings. The highest BCUT2D eigenvalue weighted by Crippen LogP contribution is 2.19. The van der Waals surface area contributed by atoms with Crippen LogP contribution in [0, 0.1) is 5.82 Å². The van der Waals surface area contributed by atoms with E-state index < -0.39 is 11.6 Å². The van der Waals surface area contributed by atoms with Gasteiger partial charge in [0.25, 0.3) is 0 Å². The first kappa shape index (κ1) is 15.8. The van der Waals surface area contributed by atoms with E-state index in [4.69, 9.17) is 9.15 Å². The Morgan fingerprint density at radius 2 is 2.12 bits per heavy atom. The lowest BCUT2D eigenvalue weighted by molar-refractivity contribution is -0.116. The number of aryl methyl sites for hydroxylation is 1. The van der Waals surface area contributed by atoms with Crippen LogP contribution in [-0.4, -0.2) is 18.0 Å². The first-order valence-corrected chi connectivity index (χ1v) is 7.30. The third-order valence-corrected chi connectivity index (χ3v) is 3.56. The molecule has 0 atom stereocenters. The molecule has 0 unspecified atom stereocenters. The molecular formula is C17H15FN2O4. The zero-order valence-electron chi connectivity index (χ0n) is 12.9. The predicted molar refractivity (Wildman–Crippen MR) is 86.7 cm³/mol. The normalized spacial score (nSPS) is 10.8. The van der Waals surface area contributed by atoms with Gasteiger partial charge in [0.05, 0.1) is 12.6 Å². The Labute approximate surface area is 136 Å². The number of carbonyl (C=O) groups is 1. The van der Waals surface area contributed by atoms with E-state index in [9.17, 15) is 14.0 Å². The molecule has 0 aliphatic heterocycles. The van der Waals surface area contributed by atoms with Gasteiger partial charge in [-0.05, 0) is 42.3 Å². The first-order chi connectivity index (χ1) is 11.5. The van der Waals surface area contributed by atoms with Gasteiger partial charge in [0.15, 0.2) is 17.1 Å². The Hall–Kier alpha value is -3.09. The van der Waals surface area contributed by atoms with Crippen LogP contribution >= 0.6 is 0 Å². The summed E-state index contributed by atoms with van der Waals surface area (Å²) in [6.07, 6.45) is 0.600. The minimum atomic E-state index is -0.546. The second-order valence-electron chi connectivity index (χ2n) is 5.24. The summed E-state index contributed by atoms with van der Waals surface area (Å²) < 4.78 is 23.4. The summed E-state index contributed by atoms with van der Waals surface area (Å²) >= 11 is 0. The van der Waals surface area contributed by atoms with E-state index >= 15 is 0 Å². The predicted octanol–water partition coefficient (Wildman–Crippen LogP) is 2.84. The fourth-order valence-electron chi connectivity index (χ4n) is 2.38. The number of halogens is 1. The Balaban J connectivity index is 1.62. The van der Waals surface area contributed by atoms with Crippen LogP contribution in [0.25, 0.3) is 11.1 Å². The van der Waals surface area contributed by atoms with E-state index in [1.165, 1.54) is 19.2 Å². The van der Waals surface area contributed by atoms with Gasteiger partial charge < -0.3 is 14.5 Å². The monoisotopic (exact) mass is 330 g/mol. The fraction of sp³-hybridized carbons (Fsp3) is 0.176. The van der Waals surface area contributed by atoms with Gasteiger partial charge in [-0.25, -0.2) is 9.18 Å².